The van der Waals surface area contributed by atoms with Gasteiger partial charge in [-0.25, -0.2) is 0 Å². The van der Waals surface area contributed by atoms with Gasteiger partial charge in [0.15, 0.2) is 0 Å². The molecule has 1 atom stereocenters. The summed E-state index contributed by atoms with van der Waals surface area (Å²) >= 11 is 0. The van der Waals surface area contributed by atoms with Crippen LogP contribution in [0.1, 0.15) is 40.5 Å². The van der Waals surface area contributed by atoms with Gasteiger partial charge in [0.1, 0.15) is 6.04 Å². The number of carbonyl (C=O) groups is 1. The number of hydrogen-bond donors (Lipinski definition) is 1. The second kappa shape index (κ2) is 7.15. The fourth-order valence-electron chi connectivity index (χ4n) is 4.37. The molecule has 0 saturated carbocycles. The number of benzene rings is 1. The van der Waals surface area contributed by atoms with Crippen molar-refractivity contribution in [2.24, 2.45) is 0 Å². The van der Waals surface area contributed by atoms with Gasteiger partial charge in [-0.15, -0.1) is 0 Å². The number of amides is 1. The largest absolute Gasteiger partial charge is 0.494 e. The van der Waals surface area contributed by atoms with E-state index in [0.29, 0.717) is 0 Å². The summed E-state index contributed by atoms with van der Waals surface area (Å²) in [5.74, 6) is 0.0376. The SMILES string of the molecule is CN1CCC2=C(CC(C(=O)Nc3cccc(B4OC(C)(C)C(C)(C)O4)c3)N2C)C1. The molecule has 3 heterocycles. The van der Waals surface area contributed by atoms with Gasteiger partial charge in [0.25, 0.3) is 0 Å². The van der Waals surface area contributed by atoms with E-state index in [1.54, 1.807) is 0 Å². The van der Waals surface area contributed by atoms with Crippen molar-refractivity contribution in [1.29, 1.82) is 0 Å². The van der Waals surface area contributed by atoms with E-state index in [9.17, 15) is 4.79 Å². The minimum atomic E-state index is -0.435. The van der Waals surface area contributed by atoms with Crippen molar-refractivity contribution < 1.29 is 14.1 Å². The van der Waals surface area contributed by atoms with E-state index in [1.807, 2.05) is 59.0 Å². The lowest BCUT2D eigenvalue weighted by molar-refractivity contribution is -0.119. The van der Waals surface area contributed by atoms with Gasteiger partial charge in [-0.05, 0) is 57.9 Å². The highest BCUT2D eigenvalue weighted by Crippen LogP contribution is 2.37. The average Bonchev–Trinajstić information content (AvgIpc) is 3.07. The Bertz CT molecular complexity index is 835. The summed E-state index contributed by atoms with van der Waals surface area (Å²) in [5, 5.41) is 3.11. The molecule has 1 saturated heterocycles. The third-order valence-electron chi connectivity index (χ3n) is 6.91. The Kier molecular flexibility index (Phi) is 5.04. The van der Waals surface area contributed by atoms with Crippen molar-refractivity contribution in [2.75, 3.05) is 32.5 Å². The lowest BCUT2D eigenvalue weighted by Crippen LogP contribution is -2.41. The Morgan fingerprint density at radius 2 is 1.86 bits per heavy atom. The van der Waals surface area contributed by atoms with Gasteiger partial charge < -0.3 is 24.4 Å². The highest BCUT2D eigenvalue weighted by molar-refractivity contribution is 6.62. The molecule has 1 amide bonds. The Morgan fingerprint density at radius 3 is 2.55 bits per heavy atom. The molecule has 156 valence electrons. The van der Waals surface area contributed by atoms with Gasteiger partial charge >= 0.3 is 7.12 Å². The van der Waals surface area contributed by atoms with Crippen molar-refractivity contribution in [3.8, 4) is 0 Å². The molecule has 0 bridgehead atoms. The Morgan fingerprint density at radius 1 is 1.17 bits per heavy atom. The molecule has 29 heavy (non-hydrogen) atoms. The topological polar surface area (TPSA) is 54.0 Å². The zero-order chi connectivity index (χ0) is 21.0. The minimum absolute atomic E-state index is 0.0376. The number of carbonyl (C=O) groups excluding carboxylic acids is 1. The molecular formula is C22H32BN3O3. The third kappa shape index (κ3) is 3.71. The van der Waals surface area contributed by atoms with E-state index in [0.717, 1.165) is 37.1 Å². The molecule has 1 aromatic carbocycles. The average molecular weight is 397 g/mol. The summed E-state index contributed by atoms with van der Waals surface area (Å²) in [6.07, 6.45) is 1.82. The van der Waals surface area contributed by atoms with E-state index in [2.05, 4.69) is 22.2 Å². The molecule has 1 aromatic rings. The van der Waals surface area contributed by atoms with Crippen molar-refractivity contribution >= 4 is 24.2 Å². The summed E-state index contributed by atoms with van der Waals surface area (Å²) in [5.41, 5.74) is 3.66. The number of rotatable bonds is 3. The maximum atomic E-state index is 13.0. The quantitative estimate of drug-likeness (QED) is 0.793. The first-order chi connectivity index (χ1) is 13.6. The van der Waals surface area contributed by atoms with Crippen LogP contribution in [0.15, 0.2) is 35.5 Å². The molecule has 3 aliphatic rings. The first-order valence-corrected chi connectivity index (χ1v) is 10.5. The lowest BCUT2D eigenvalue weighted by atomic mass is 9.79. The molecule has 7 heteroatoms. The predicted octanol–water partition coefficient (Wildman–Crippen LogP) is 2.22. The van der Waals surface area contributed by atoms with Crippen LogP contribution in [0.5, 0.6) is 0 Å². The fraction of sp³-hybridized carbons (Fsp3) is 0.591. The first-order valence-electron chi connectivity index (χ1n) is 10.5. The van der Waals surface area contributed by atoms with Gasteiger partial charge in [-0.3, -0.25) is 4.79 Å². The van der Waals surface area contributed by atoms with Gasteiger partial charge in [0, 0.05) is 44.4 Å². The van der Waals surface area contributed by atoms with Crippen molar-refractivity contribution in [1.82, 2.24) is 9.80 Å². The number of nitrogens with one attached hydrogen (secondary N) is 1. The van der Waals surface area contributed by atoms with E-state index >= 15 is 0 Å². The van der Waals surface area contributed by atoms with E-state index < -0.39 is 7.12 Å². The van der Waals surface area contributed by atoms with Crippen LogP contribution in [-0.2, 0) is 14.1 Å². The van der Waals surface area contributed by atoms with Gasteiger partial charge in [-0.1, -0.05) is 12.1 Å². The fourth-order valence-corrected chi connectivity index (χ4v) is 4.37. The molecule has 6 nitrogen and oxygen atoms in total. The van der Waals surface area contributed by atoms with Crippen LogP contribution in [0.3, 0.4) is 0 Å². The summed E-state index contributed by atoms with van der Waals surface area (Å²) in [4.78, 5) is 17.5. The van der Waals surface area contributed by atoms with Crippen LogP contribution in [0.2, 0.25) is 0 Å². The van der Waals surface area contributed by atoms with Crippen LogP contribution >= 0.6 is 0 Å². The smallest absolute Gasteiger partial charge is 0.399 e. The second-order valence-corrected chi connectivity index (χ2v) is 9.57. The number of likely N-dealkylation sites (N-methyl/N-ethyl adjacent to an activating group) is 2. The van der Waals surface area contributed by atoms with Gasteiger partial charge in [0.05, 0.1) is 11.2 Å². The molecule has 4 rings (SSSR count). The maximum Gasteiger partial charge on any atom is 0.494 e. The van der Waals surface area contributed by atoms with Crippen LogP contribution in [0, 0.1) is 0 Å². The molecule has 1 N–H and O–H groups in total. The van der Waals surface area contributed by atoms with E-state index in [4.69, 9.17) is 9.31 Å². The molecule has 1 fully saturated rings. The zero-order valence-corrected chi connectivity index (χ0v) is 18.4. The summed E-state index contributed by atoms with van der Waals surface area (Å²) in [6, 6.07) is 7.65. The van der Waals surface area contributed by atoms with Crippen molar-refractivity contribution in [3.05, 3.63) is 35.5 Å². The zero-order valence-electron chi connectivity index (χ0n) is 18.4. The highest BCUT2D eigenvalue weighted by atomic mass is 16.7. The number of hydrogen-bond acceptors (Lipinski definition) is 5. The molecule has 0 radical (unpaired) electrons. The van der Waals surface area contributed by atoms with Crippen molar-refractivity contribution in [2.45, 2.75) is 57.8 Å². The van der Waals surface area contributed by atoms with Crippen LogP contribution in [0.25, 0.3) is 0 Å². The number of anilines is 1. The molecule has 0 aliphatic carbocycles. The molecule has 0 aromatic heterocycles. The number of nitrogens with zero attached hydrogens (tertiary/aromatic N) is 2. The second-order valence-electron chi connectivity index (χ2n) is 9.57. The Balaban J connectivity index is 1.45. The predicted molar refractivity (Wildman–Crippen MR) is 116 cm³/mol. The molecular weight excluding hydrogens is 365 g/mol. The van der Waals surface area contributed by atoms with Gasteiger partial charge in [0.2, 0.25) is 5.91 Å². The van der Waals surface area contributed by atoms with E-state index in [1.165, 1.54) is 11.3 Å². The standard InChI is InChI=1S/C22H32BN3O3/c1-21(2)22(3,4)29-23(28-21)16-8-7-9-17(13-16)24-20(27)19-12-15-14-25(5)11-10-18(15)26(19)6/h7-9,13,19H,10-12,14H2,1-6H3,(H,24,27). The van der Waals surface area contributed by atoms with Crippen LogP contribution in [-0.4, -0.2) is 67.3 Å². The van der Waals surface area contributed by atoms with E-state index in [-0.39, 0.29) is 23.2 Å². The third-order valence-corrected chi connectivity index (χ3v) is 6.91. The summed E-state index contributed by atoms with van der Waals surface area (Å²) in [6.45, 7) is 10.2. The van der Waals surface area contributed by atoms with Crippen LogP contribution in [0.4, 0.5) is 5.69 Å². The highest BCUT2D eigenvalue weighted by Gasteiger charge is 2.51. The minimum Gasteiger partial charge on any atom is -0.399 e. The first kappa shape index (κ1) is 20.4. The van der Waals surface area contributed by atoms with Gasteiger partial charge in [-0.2, -0.15) is 0 Å². The normalized spacial score (nSPS) is 26.1. The maximum absolute atomic E-state index is 13.0. The summed E-state index contributed by atoms with van der Waals surface area (Å²) in [7, 11) is 3.74. The molecule has 3 aliphatic heterocycles. The summed E-state index contributed by atoms with van der Waals surface area (Å²) < 4.78 is 12.3. The lowest BCUT2D eigenvalue weighted by Gasteiger charge is -2.32. The Labute approximate surface area is 174 Å². The molecule has 0 spiro atoms. The van der Waals surface area contributed by atoms with Crippen LogP contribution < -0.4 is 10.8 Å². The Hall–Kier alpha value is -1.83. The van der Waals surface area contributed by atoms with Crippen molar-refractivity contribution in [3.63, 3.8) is 0 Å². The molecule has 1 unspecified atom stereocenters. The monoisotopic (exact) mass is 397 g/mol.